The molecule has 0 amide bonds. The summed E-state index contributed by atoms with van der Waals surface area (Å²) in [6, 6.07) is 0. The molecule has 0 spiro atoms. The SMILES string of the molecule is [Cl][Cr]([C]1=CC=CC1)[C]1=CC=CC1. The van der Waals surface area contributed by atoms with Crippen LogP contribution in [0, 0.1) is 0 Å². The van der Waals surface area contributed by atoms with Crippen molar-refractivity contribution in [1.29, 1.82) is 0 Å². The first-order valence-corrected chi connectivity index (χ1v) is 7.03. The molecule has 0 nitrogen and oxygen atoms in total. The molecule has 0 radical (unpaired) electrons. The predicted octanol–water partition coefficient (Wildman–Crippen LogP) is 3.45. The number of hydrogen-bond acceptors (Lipinski definition) is 0. The van der Waals surface area contributed by atoms with Gasteiger partial charge in [-0.2, -0.15) is 0 Å². The Morgan fingerprint density at radius 3 is 1.83 bits per heavy atom. The van der Waals surface area contributed by atoms with Gasteiger partial charge in [-0.1, -0.05) is 0 Å². The van der Waals surface area contributed by atoms with Crippen molar-refractivity contribution in [2.45, 2.75) is 12.8 Å². The maximum absolute atomic E-state index is 6.40. The fourth-order valence-electron chi connectivity index (χ4n) is 1.29. The van der Waals surface area contributed by atoms with E-state index in [1.54, 1.807) is 0 Å². The number of halogens is 1. The van der Waals surface area contributed by atoms with Crippen LogP contribution in [0.15, 0.2) is 45.3 Å². The molecule has 0 aromatic rings. The monoisotopic (exact) mass is 217 g/mol. The summed E-state index contributed by atoms with van der Waals surface area (Å²) in [6.07, 6.45) is 15.1. The van der Waals surface area contributed by atoms with Crippen molar-refractivity contribution in [2.75, 3.05) is 0 Å². The molecule has 0 N–H and O–H groups in total. The predicted molar refractivity (Wildman–Crippen MR) is 49.5 cm³/mol. The molecule has 0 aromatic heterocycles. The van der Waals surface area contributed by atoms with Crippen molar-refractivity contribution >= 4 is 10.0 Å². The molecule has 0 saturated heterocycles. The Morgan fingerprint density at radius 1 is 1.00 bits per heavy atom. The molecule has 0 atom stereocenters. The van der Waals surface area contributed by atoms with Crippen molar-refractivity contribution in [3.8, 4) is 0 Å². The van der Waals surface area contributed by atoms with Crippen molar-refractivity contribution < 1.29 is 13.2 Å². The van der Waals surface area contributed by atoms with Crippen LogP contribution in [0.5, 0.6) is 0 Å². The van der Waals surface area contributed by atoms with Crippen LogP contribution in [0.3, 0.4) is 0 Å². The molecule has 0 aromatic carbocycles. The average molecular weight is 218 g/mol. The Labute approximate surface area is 81.5 Å². The van der Waals surface area contributed by atoms with E-state index in [1.807, 2.05) is 0 Å². The Bertz CT molecular complexity index is 267. The van der Waals surface area contributed by atoms with Crippen LogP contribution >= 0.6 is 10.0 Å². The molecule has 12 heavy (non-hydrogen) atoms. The Hall–Kier alpha value is -0.218. The summed E-state index contributed by atoms with van der Waals surface area (Å²) in [7, 11) is 6.40. The summed E-state index contributed by atoms with van der Waals surface area (Å²) in [6.45, 7) is 0. The fraction of sp³-hybridized carbons (Fsp3) is 0.200. The van der Waals surface area contributed by atoms with Crippen LogP contribution < -0.4 is 0 Å². The minimum atomic E-state index is -1.10. The molecule has 0 heterocycles. The third-order valence-corrected chi connectivity index (χ3v) is 5.95. The summed E-state index contributed by atoms with van der Waals surface area (Å²) < 4.78 is 2.90. The summed E-state index contributed by atoms with van der Waals surface area (Å²) in [4.78, 5) is 0. The van der Waals surface area contributed by atoms with Gasteiger partial charge < -0.3 is 0 Å². The van der Waals surface area contributed by atoms with Gasteiger partial charge in [0.15, 0.2) is 0 Å². The van der Waals surface area contributed by atoms with E-state index in [9.17, 15) is 0 Å². The van der Waals surface area contributed by atoms with E-state index < -0.39 is 13.2 Å². The van der Waals surface area contributed by atoms with Crippen LogP contribution in [0.4, 0.5) is 0 Å². The van der Waals surface area contributed by atoms with Crippen LogP contribution in [-0.2, 0) is 13.2 Å². The van der Waals surface area contributed by atoms with Crippen molar-refractivity contribution in [3.05, 3.63) is 45.3 Å². The second kappa shape index (κ2) is 3.66. The summed E-state index contributed by atoms with van der Waals surface area (Å²) >= 11 is -1.10. The first-order valence-electron chi connectivity index (χ1n) is 4.00. The number of rotatable bonds is 2. The quantitative estimate of drug-likeness (QED) is 0.665. The zero-order valence-electron chi connectivity index (χ0n) is 6.66. The standard InChI is InChI=1S/2C5H5.ClH.Cr/c2*1-2-4-5-3-1;;/h2*1-3H,4H2;1H;/q;;;+1/p-1. The first-order chi connectivity index (χ1) is 5.88. The van der Waals surface area contributed by atoms with Gasteiger partial charge in [0.05, 0.1) is 0 Å². The average Bonchev–Trinajstić information content (AvgIpc) is 2.77. The summed E-state index contributed by atoms with van der Waals surface area (Å²) in [5.41, 5.74) is 0. The van der Waals surface area contributed by atoms with Gasteiger partial charge >= 0.3 is 81.4 Å². The zero-order chi connectivity index (χ0) is 8.39. The number of hydrogen-bond donors (Lipinski definition) is 0. The second-order valence-electron chi connectivity index (χ2n) is 2.79. The Kier molecular flexibility index (Phi) is 2.56. The van der Waals surface area contributed by atoms with Crippen LogP contribution in [0.2, 0.25) is 0 Å². The molecule has 0 unspecified atom stereocenters. The molecule has 0 fully saturated rings. The van der Waals surface area contributed by atoms with Gasteiger partial charge in [-0.15, -0.1) is 0 Å². The van der Waals surface area contributed by atoms with Crippen LogP contribution in [-0.4, -0.2) is 0 Å². The van der Waals surface area contributed by atoms with Gasteiger partial charge in [0, 0.05) is 0 Å². The number of allylic oxidation sites excluding steroid dienone is 8. The maximum atomic E-state index is 6.40. The summed E-state index contributed by atoms with van der Waals surface area (Å²) in [5.74, 6) is 0. The first kappa shape index (κ1) is 8.38. The van der Waals surface area contributed by atoms with E-state index in [1.165, 1.54) is 8.87 Å². The summed E-state index contributed by atoms with van der Waals surface area (Å²) in [5, 5.41) is 0. The Balaban J connectivity index is 2.05. The van der Waals surface area contributed by atoms with E-state index in [-0.39, 0.29) is 0 Å². The van der Waals surface area contributed by atoms with E-state index in [0.717, 1.165) is 12.8 Å². The van der Waals surface area contributed by atoms with E-state index >= 15 is 0 Å². The van der Waals surface area contributed by atoms with E-state index in [2.05, 4.69) is 36.5 Å². The second-order valence-corrected chi connectivity index (χ2v) is 6.50. The molecule has 0 bridgehead atoms. The molecule has 2 heteroatoms. The molecule has 2 aliphatic carbocycles. The fourth-order valence-corrected chi connectivity index (χ4v) is 4.13. The van der Waals surface area contributed by atoms with Gasteiger partial charge in [-0.3, -0.25) is 0 Å². The zero-order valence-corrected chi connectivity index (χ0v) is 8.70. The molecule has 2 rings (SSSR count). The third-order valence-electron chi connectivity index (χ3n) is 1.93. The molecule has 63 valence electrons. The van der Waals surface area contributed by atoms with Crippen molar-refractivity contribution in [2.24, 2.45) is 0 Å². The Morgan fingerprint density at radius 2 is 1.50 bits per heavy atom. The van der Waals surface area contributed by atoms with E-state index in [0.29, 0.717) is 0 Å². The van der Waals surface area contributed by atoms with E-state index in [4.69, 9.17) is 10.0 Å². The van der Waals surface area contributed by atoms with Crippen molar-refractivity contribution in [1.82, 2.24) is 0 Å². The molecule has 0 saturated carbocycles. The van der Waals surface area contributed by atoms with Crippen LogP contribution in [0.1, 0.15) is 12.8 Å². The van der Waals surface area contributed by atoms with Crippen LogP contribution in [0.25, 0.3) is 0 Å². The third kappa shape index (κ3) is 1.59. The van der Waals surface area contributed by atoms with Gasteiger partial charge in [-0.05, 0) is 0 Å². The van der Waals surface area contributed by atoms with Gasteiger partial charge in [0.1, 0.15) is 0 Å². The molecular weight excluding hydrogens is 208 g/mol. The van der Waals surface area contributed by atoms with Gasteiger partial charge in [-0.25, -0.2) is 0 Å². The minimum absolute atomic E-state index is 1.07. The van der Waals surface area contributed by atoms with Gasteiger partial charge in [0.25, 0.3) is 0 Å². The molecule has 2 aliphatic rings. The van der Waals surface area contributed by atoms with Gasteiger partial charge in [0.2, 0.25) is 0 Å². The molecule has 0 aliphatic heterocycles. The normalized spacial score (nSPS) is 20.5. The molecular formula is C10H10ClCr. The topological polar surface area (TPSA) is 0 Å². The van der Waals surface area contributed by atoms with Crippen molar-refractivity contribution in [3.63, 3.8) is 0 Å².